The summed E-state index contributed by atoms with van der Waals surface area (Å²) in [6.07, 6.45) is -0.930. The number of nitrogens with one attached hydrogen (secondary N) is 2. The minimum atomic E-state index is -1.90. The minimum absolute atomic E-state index is 0.314. The fraction of sp³-hybridized carbons (Fsp3) is 0.462. The molecule has 2 aromatic carbocycles. The molecule has 3 N–H and O–H groups in total. The number of rotatable bonds is 9. The number of hydrogen-bond acceptors (Lipinski definition) is 8. The first-order valence-corrected chi connectivity index (χ1v) is 12.9. The Labute approximate surface area is 217 Å². The molecule has 0 amide bonds. The second-order valence-corrected chi connectivity index (χ2v) is 10.8. The van der Waals surface area contributed by atoms with E-state index in [-0.39, 0.29) is 6.10 Å². The summed E-state index contributed by atoms with van der Waals surface area (Å²) in [4.78, 5) is 1.16. The van der Waals surface area contributed by atoms with Gasteiger partial charge in [0.05, 0.1) is 0 Å². The zero-order valence-corrected chi connectivity index (χ0v) is 22.1. The van der Waals surface area contributed by atoms with Crippen molar-refractivity contribution >= 4 is 36.0 Å². The number of fused-ring (bicyclic) bond motifs is 1. The van der Waals surface area contributed by atoms with Crippen molar-refractivity contribution in [2.75, 3.05) is 7.11 Å². The van der Waals surface area contributed by atoms with Crippen molar-refractivity contribution in [1.82, 2.24) is 0 Å². The van der Waals surface area contributed by atoms with Crippen LogP contribution < -0.4 is 4.74 Å². The van der Waals surface area contributed by atoms with E-state index in [4.69, 9.17) is 29.4 Å². The number of benzene rings is 2. The number of thiophene rings is 1. The molecule has 4 atom stereocenters. The molecule has 2 heterocycles. The summed E-state index contributed by atoms with van der Waals surface area (Å²) < 4.78 is 24.4. The molecule has 1 aliphatic heterocycles. The fourth-order valence-corrected chi connectivity index (χ4v) is 6.26. The van der Waals surface area contributed by atoms with Gasteiger partial charge in [0, 0.05) is 0 Å². The molecule has 7 nitrogen and oxygen atoms in total. The van der Waals surface area contributed by atoms with E-state index in [1.54, 1.807) is 18.4 Å². The Bertz CT molecular complexity index is 1230. The van der Waals surface area contributed by atoms with E-state index < -0.39 is 23.4 Å². The SMILES string of the molecule is CC[C@@H]1C[C@H](OB=N)[C@@H](OB=N)C(O)(c2cc(C(C)(C)c3cc4ccccc4s3)c(OC)cc2C)O1. The van der Waals surface area contributed by atoms with E-state index in [0.29, 0.717) is 24.2 Å². The zero-order valence-electron chi connectivity index (χ0n) is 21.3. The first-order chi connectivity index (χ1) is 17.2. The van der Waals surface area contributed by atoms with Gasteiger partial charge in [0.15, 0.2) is 0 Å². The summed E-state index contributed by atoms with van der Waals surface area (Å²) >= 11 is 1.73. The van der Waals surface area contributed by atoms with Crippen LogP contribution in [0.1, 0.15) is 55.2 Å². The Kier molecular flexibility index (Phi) is 7.69. The van der Waals surface area contributed by atoms with E-state index in [2.05, 4.69) is 32.0 Å². The van der Waals surface area contributed by atoms with E-state index in [1.165, 1.54) is 10.1 Å². The monoisotopic (exact) mass is 506 g/mol. The Hall–Kier alpha value is -2.55. The molecule has 10 heteroatoms. The molecule has 1 aliphatic rings. The molecular weight excluding hydrogens is 474 g/mol. The Balaban J connectivity index is 1.89. The molecule has 0 radical (unpaired) electrons. The van der Waals surface area contributed by atoms with Crippen LogP contribution in [0.15, 0.2) is 42.5 Å². The van der Waals surface area contributed by atoms with Gasteiger partial charge in [0.1, 0.15) is 0 Å². The number of ether oxygens (including phenoxy) is 2. The molecule has 188 valence electrons. The predicted octanol–water partition coefficient (Wildman–Crippen LogP) is 5.42. The molecule has 3 aromatic rings. The Morgan fingerprint density at radius 1 is 1.17 bits per heavy atom. The van der Waals surface area contributed by atoms with Gasteiger partial charge in [-0.15, -0.1) is 0 Å². The summed E-state index contributed by atoms with van der Waals surface area (Å²) in [5, 5.41) is 28.3. The van der Waals surface area contributed by atoms with Gasteiger partial charge in [0.2, 0.25) is 0 Å². The van der Waals surface area contributed by atoms with Gasteiger partial charge in [-0.2, -0.15) is 0 Å². The van der Waals surface area contributed by atoms with Crippen LogP contribution in [-0.4, -0.2) is 45.1 Å². The number of aryl methyl sites for hydroxylation is 1. The Morgan fingerprint density at radius 2 is 1.89 bits per heavy atom. The molecule has 0 saturated carbocycles. The molecule has 1 aromatic heterocycles. The molecule has 0 aliphatic carbocycles. The summed E-state index contributed by atoms with van der Waals surface area (Å²) in [6.45, 7) is 8.14. The van der Waals surface area contributed by atoms with E-state index in [9.17, 15) is 5.11 Å². The third-order valence-electron chi connectivity index (χ3n) is 7.12. The third kappa shape index (κ3) is 4.62. The fourth-order valence-electron chi connectivity index (χ4n) is 5.09. The van der Waals surface area contributed by atoms with E-state index in [0.717, 1.165) is 30.6 Å². The van der Waals surface area contributed by atoms with Gasteiger partial charge in [-0.25, -0.2) is 0 Å². The van der Waals surface area contributed by atoms with Gasteiger partial charge in [0.25, 0.3) is 0 Å². The van der Waals surface area contributed by atoms with Gasteiger partial charge in [-0.1, -0.05) is 0 Å². The normalized spacial score (nSPS) is 24.1. The van der Waals surface area contributed by atoms with Crippen LogP contribution in [0, 0.1) is 17.5 Å². The third-order valence-corrected chi connectivity index (χ3v) is 8.56. The van der Waals surface area contributed by atoms with Crippen LogP contribution in [0.5, 0.6) is 5.75 Å². The second kappa shape index (κ2) is 10.4. The molecule has 0 spiro atoms. The first kappa shape index (κ1) is 26.5. The van der Waals surface area contributed by atoms with Crippen LogP contribution >= 0.6 is 11.3 Å². The maximum atomic E-state index is 12.1. The average Bonchev–Trinajstić information content (AvgIpc) is 3.31. The van der Waals surface area contributed by atoms with E-state index >= 15 is 0 Å². The standard InChI is InChI=1S/C26H32B2N2O5S/c1-6-17-13-21(34-27-29)24(35-28-30)26(31,33-17)18-14-19(20(32-5)11-15(18)2)25(3,4)23-12-16-9-7-8-10-22(16)36-23/h7-12,14,17,21,24,29-31H,6,13H2,1-5H3/t17-,21+,24-,26?/m1/s1. The molecular formula is C26H32B2N2O5S. The van der Waals surface area contributed by atoms with Crippen molar-refractivity contribution in [1.29, 1.82) is 10.6 Å². The molecule has 1 saturated heterocycles. The van der Waals surface area contributed by atoms with E-state index in [1.807, 2.05) is 38.1 Å². The van der Waals surface area contributed by atoms with Gasteiger partial charge < -0.3 is 0 Å². The van der Waals surface area contributed by atoms with Gasteiger partial charge >= 0.3 is 217 Å². The maximum absolute atomic E-state index is 12.1. The van der Waals surface area contributed by atoms with Crippen LogP contribution in [0.25, 0.3) is 10.1 Å². The van der Waals surface area contributed by atoms with Crippen molar-refractivity contribution in [2.24, 2.45) is 0 Å². The summed E-state index contributed by atoms with van der Waals surface area (Å²) in [5.74, 6) is -1.19. The van der Waals surface area contributed by atoms with Crippen LogP contribution in [-0.2, 0) is 25.2 Å². The van der Waals surface area contributed by atoms with Crippen LogP contribution in [0.2, 0.25) is 0 Å². The molecule has 0 bridgehead atoms. The average molecular weight is 506 g/mol. The topological polar surface area (TPSA) is 105 Å². The molecule has 36 heavy (non-hydrogen) atoms. The van der Waals surface area contributed by atoms with Crippen molar-refractivity contribution in [3.05, 3.63) is 64.0 Å². The van der Waals surface area contributed by atoms with Crippen molar-refractivity contribution in [3.8, 4) is 5.75 Å². The van der Waals surface area contributed by atoms with Crippen LogP contribution in [0.3, 0.4) is 0 Å². The number of methoxy groups -OCH3 is 1. The van der Waals surface area contributed by atoms with Crippen molar-refractivity contribution in [3.63, 3.8) is 0 Å². The van der Waals surface area contributed by atoms with Crippen LogP contribution in [0.4, 0.5) is 0 Å². The summed E-state index contributed by atoms with van der Waals surface area (Å²) in [6, 6.07) is 14.3. The number of hydrogen-bond donors (Lipinski definition) is 3. The Morgan fingerprint density at radius 3 is 2.53 bits per heavy atom. The first-order valence-electron chi connectivity index (χ1n) is 12.1. The zero-order chi connectivity index (χ0) is 26.1. The predicted molar refractivity (Wildman–Crippen MR) is 142 cm³/mol. The molecule has 4 rings (SSSR count). The van der Waals surface area contributed by atoms with Crippen molar-refractivity contribution < 1.29 is 23.9 Å². The molecule has 1 unspecified atom stereocenters. The number of aliphatic hydroxyl groups is 1. The molecule has 1 fully saturated rings. The van der Waals surface area contributed by atoms with Gasteiger partial charge in [-0.3, -0.25) is 0 Å². The van der Waals surface area contributed by atoms with Crippen molar-refractivity contribution in [2.45, 2.75) is 70.1 Å². The quantitative estimate of drug-likeness (QED) is 0.336. The van der Waals surface area contributed by atoms with Gasteiger partial charge in [-0.05, 0) is 0 Å². The summed E-state index contributed by atoms with van der Waals surface area (Å²) in [7, 11) is 3.28. The second-order valence-electron chi connectivity index (χ2n) is 9.69. The summed E-state index contributed by atoms with van der Waals surface area (Å²) in [5.41, 5.74) is 1.73.